The summed E-state index contributed by atoms with van der Waals surface area (Å²) in [5, 5.41) is 15.2. The van der Waals surface area contributed by atoms with Gasteiger partial charge in [0.05, 0.1) is 22.8 Å². The minimum absolute atomic E-state index is 0.00351. The minimum Gasteiger partial charge on any atom is -0.308 e. The number of carbonyl (C=O) groups is 1. The quantitative estimate of drug-likeness (QED) is 0.234. The van der Waals surface area contributed by atoms with E-state index in [2.05, 4.69) is 42.6 Å². The normalized spacial score (nSPS) is 20.2. The van der Waals surface area contributed by atoms with Crippen LogP contribution in [0, 0.1) is 26.7 Å². The third-order valence-electron chi connectivity index (χ3n) is 9.45. The number of hydrogen-bond acceptors (Lipinski definition) is 5. The number of nitrogens with zero attached hydrogens (tertiary/aromatic N) is 5. The monoisotopic (exact) mass is 643 g/mol. The van der Waals surface area contributed by atoms with E-state index in [9.17, 15) is 13.2 Å². The lowest BCUT2D eigenvalue weighted by Crippen LogP contribution is -2.47. The number of aryl methyl sites for hydroxylation is 3. The van der Waals surface area contributed by atoms with Crippen molar-refractivity contribution < 1.29 is 13.2 Å². The molecule has 2 aliphatic heterocycles. The summed E-state index contributed by atoms with van der Waals surface area (Å²) in [5.41, 5.74) is 5.78. The van der Waals surface area contributed by atoms with Gasteiger partial charge in [0, 0.05) is 36.3 Å². The zero-order valence-corrected chi connectivity index (χ0v) is 28.6. The fraction of sp³-hybridized carbons (Fsp3) is 0.457. The van der Waals surface area contributed by atoms with Crippen LogP contribution in [0.1, 0.15) is 74.7 Å². The maximum absolute atomic E-state index is 13.8. The molecule has 2 fully saturated rings. The van der Waals surface area contributed by atoms with Crippen LogP contribution in [0.3, 0.4) is 0 Å². The van der Waals surface area contributed by atoms with Crippen molar-refractivity contribution in [2.24, 2.45) is 13.0 Å². The zero-order valence-electron chi connectivity index (χ0n) is 27.8. The van der Waals surface area contributed by atoms with Crippen molar-refractivity contribution in [3.63, 3.8) is 0 Å². The van der Waals surface area contributed by atoms with Crippen molar-refractivity contribution in [2.75, 3.05) is 10.6 Å². The summed E-state index contributed by atoms with van der Waals surface area (Å²) in [5.74, 6) is 0.958. The predicted octanol–water partition coefficient (Wildman–Crippen LogP) is 6.65. The van der Waals surface area contributed by atoms with Crippen molar-refractivity contribution in [3.8, 4) is 5.69 Å². The second kappa shape index (κ2) is 12.0. The van der Waals surface area contributed by atoms with Gasteiger partial charge in [0.15, 0.2) is 0 Å². The molecule has 6 rings (SSSR count). The standard InChI is InChI=1S/C35H45N7O3S/c1-22-11-13-28(14-12-22)41-32(21-31(39-41)35(4,5)6)37-34(43)36-27-10-8-9-25(18-27)17-26-19-29-15-16-30(20-26)42(29)46(44,45)33-23(2)38-40(7)24(33)3/h8-14,18,21,26,29-30H,15-17,19-20H2,1-7H3,(H2,36,37,43). The van der Waals surface area contributed by atoms with E-state index in [0.717, 1.165) is 54.6 Å². The van der Waals surface area contributed by atoms with Gasteiger partial charge in [0.2, 0.25) is 10.0 Å². The SMILES string of the molecule is Cc1ccc(-n2nc(C(C)(C)C)cc2NC(=O)Nc2cccc(CC3CC4CCC(C3)N4S(=O)(=O)c3c(C)nn(C)c3C)c2)cc1. The summed E-state index contributed by atoms with van der Waals surface area (Å²) in [7, 11) is -1.83. The maximum Gasteiger partial charge on any atom is 0.324 e. The van der Waals surface area contributed by atoms with Gasteiger partial charge in [-0.3, -0.25) is 10.00 Å². The molecule has 4 heterocycles. The number of amides is 2. The number of fused-ring (bicyclic) bond motifs is 2. The molecule has 0 spiro atoms. The van der Waals surface area contributed by atoms with Crippen LogP contribution in [0.2, 0.25) is 0 Å². The molecule has 244 valence electrons. The summed E-state index contributed by atoms with van der Waals surface area (Å²) in [6, 6.07) is 17.6. The summed E-state index contributed by atoms with van der Waals surface area (Å²) >= 11 is 0. The molecule has 10 nitrogen and oxygen atoms in total. The first-order valence-corrected chi connectivity index (χ1v) is 17.5. The van der Waals surface area contributed by atoms with Gasteiger partial charge in [-0.25, -0.2) is 17.9 Å². The lowest BCUT2D eigenvalue weighted by atomic mass is 9.87. The predicted molar refractivity (Wildman–Crippen MR) is 181 cm³/mol. The van der Waals surface area contributed by atoms with Crippen LogP contribution in [0.15, 0.2) is 59.5 Å². The molecule has 0 aliphatic carbocycles. The highest BCUT2D eigenvalue weighted by molar-refractivity contribution is 7.89. The van der Waals surface area contributed by atoms with E-state index in [1.807, 2.05) is 62.4 Å². The number of aromatic nitrogens is 4. The molecule has 0 radical (unpaired) electrons. The Hall–Kier alpha value is -3.96. The van der Waals surface area contributed by atoms with Gasteiger partial charge in [-0.05, 0) is 88.6 Å². The Morgan fingerprint density at radius 3 is 2.22 bits per heavy atom. The van der Waals surface area contributed by atoms with Crippen molar-refractivity contribution in [3.05, 3.63) is 82.8 Å². The highest BCUT2D eigenvalue weighted by Crippen LogP contribution is 2.44. The van der Waals surface area contributed by atoms with E-state index in [4.69, 9.17) is 5.10 Å². The van der Waals surface area contributed by atoms with Gasteiger partial charge in [-0.15, -0.1) is 0 Å². The Morgan fingerprint density at radius 2 is 1.61 bits per heavy atom. The lowest BCUT2D eigenvalue weighted by Gasteiger charge is -2.38. The number of anilines is 2. The molecule has 2 bridgehead atoms. The fourth-order valence-electron chi connectivity index (χ4n) is 7.15. The first-order chi connectivity index (χ1) is 21.7. The van der Waals surface area contributed by atoms with Crippen LogP contribution < -0.4 is 10.6 Å². The molecule has 2 aromatic carbocycles. The Bertz CT molecular complexity index is 1850. The minimum atomic E-state index is -3.62. The smallest absolute Gasteiger partial charge is 0.308 e. The number of hydrogen-bond donors (Lipinski definition) is 2. The molecule has 2 atom stereocenters. The molecule has 11 heteroatoms. The number of benzene rings is 2. The number of nitrogens with one attached hydrogen (secondary N) is 2. The Kier molecular flexibility index (Phi) is 8.35. The molecule has 2 N–H and O–H groups in total. The molecule has 2 aromatic heterocycles. The van der Waals surface area contributed by atoms with E-state index in [0.29, 0.717) is 33.7 Å². The lowest BCUT2D eigenvalue weighted by molar-refractivity contribution is 0.190. The summed E-state index contributed by atoms with van der Waals surface area (Å²) in [4.78, 5) is 13.6. The average Bonchev–Trinajstić information content (AvgIpc) is 3.60. The van der Waals surface area contributed by atoms with Gasteiger partial charge in [0.1, 0.15) is 10.7 Å². The van der Waals surface area contributed by atoms with E-state index in [1.165, 1.54) is 0 Å². The van der Waals surface area contributed by atoms with Crippen LogP contribution in [0.5, 0.6) is 0 Å². The van der Waals surface area contributed by atoms with E-state index in [1.54, 1.807) is 27.6 Å². The molecule has 2 amide bonds. The van der Waals surface area contributed by atoms with Crippen molar-refractivity contribution in [1.29, 1.82) is 0 Å². The maximum atomic E-state index is 13.8. The van der Waals surface area contributed by atoms with Gasteiger partial charge in [-0.1, -0.05) is 50.6 Å². The molecule has 4 aromatic rings. The highest BCUT2D eigenvalue weighted by Gasteiger charge is 2.48. The number of piperidine rings is 1. The highest BCUT2D eigenvalue weighted by atomic mass is 32.2. The molecule has 2 aliphatic rings. The van der Waals surface area contributed by atoms with Gasteiger partial charge < -0.3 is 5.32 Å². The van der Waals surface area contributed by atoms with Gasteiger partial charge >= 0.3 is 6.03 Å². The molecular weight excluding hydrogens is 598 g/mol. The molecule has 46 heavy (non-hydrogen) atoms. The number of rotatable bonds is 7. The second-order valence-corrected chi connectivity index (χ2v) is 15.9. The number of carbonyl (C=O) groups excluding carboxylic acids is 1. The van der Waals surface area contributed by atoms with Crippen LogP contribution in [-0.2, 0) is 28.9 Å². The first-order valence-electron chi connectivity index (χ1n) is 16.1. The fourth-order valence-corrected chi connectivity index (χ4v) is 9.44. The average molecular weight is 644 g/mol. The molecular formula is C35H45N7O3S. The third kappa shape index (κ3) is 6.22. The van der Waals surface area contributed by atoms with Crippen molar-refractivity contribution in [1.82, 2.24) is 23.9 Å². The zero-order chi connectivity index (χ0) is 33.0. The van der Waals surface area contributed by atoms with Crippen molar-refractivity contribution in [2.45, 2.75) is 96.0 Å². The Labute approximate surface area is 272 Å². The van der Waals surface area contributed by atoms with E-state index < -0.39 is 10.0 Å². The van der Waals surface area contributed by atoms with E-state index >= 15 is 0 Å². The topological polar surface area (TPSA) is 114 Å². The summed E-state index contributed by atoms with van der Waals surface area (Å²) in [6.45, 7) is 11.9. The van der Waals surface area contributed by atoms with Crippen LogP contribution in [0.4, 0.5) is 16.3 Å². The van der Waals surface area contributed by atoms with Gasteiger partial charge in [0.25, 0.3) is 0 Å². The molecule has 2 saturated heterocycles. The Balaban J connectivity index is 1.13. The Morgan fingerprint density at radius 1 is 0.935 bits per heavy atom. The third-order valence-corrected chi connectivity index (χ3v) is 11.7. The van der Waals surface area contributed by atoms with E-state index in [-0.39, 0.29) is 23.5 Å². The van der Waals surface area contributed by atoms with Gasteiger partial charge in [-0.2, -0.15) is 14.5 Å². The van der Waals surface area contributed by atoms with Crippen LogP contribution in [0.25, 0.3) is 5.69 Å². The summed E-state index contributed by atoms with van der Waals surface area (Å²) in [6.07, 6.45) is 4.25. The summed E-state index contributed by atoms with van der Waals surface area (Å²) < 4.78 is 32.9. The largest absolute Gasteiger partial charge is 0.324 e. The van der Waals surface area contributed by atoms with Crippen molar-refractivity contribution >= 4 is 27.6 Å². The van der Waals surface area contributed by atoms with Crippen LogP contribution in [-0.4, -0.2) is 50.4 Å². The second-order valence-electron chi connectivity index (χ2n) is 14.1. The number of urea groups is 1. The van der Waals surface area contributed by atoms with Crippen LogP contribution >= 0.6 is 0 Å². The first kappa shape index (κ1) is 32.0. The molecule has 2 unspecified atom stereocenters. The molecule has 0 saturated carbocycles. The number of sulfonamides is 1.